The molecular formula is C13H17BrO2S. The highest BCUT2D eigenvalue weighted by molar-refractivity contribution is 9.10. The Balaban J connectivity index is 2.70. The monoisotopic (exact) mass is 316 g/mol. The van der Waals surface area contributed by atoms with E-state index in [1.165, 1.54) is 11.8 Å². The van der Waals surface area contributed by atoms with E-state index in [1.54, 1.807) is 0 Å². The highest BCUT2D eigenvalue weighted by atomic mass is 79.9. The second kappa shape index (κ2) is 6.03. The van der Waals surface area contributed by atoms with Crippen LogP contribution < -0.4 is 0 Å². The number of carbonyl (C=O) groups is 1. The van der Waals surface area contributed by atoms with Crippen LogP contribution in [0.4, 0.5) is 0 Å². The van der Waals surface area contributed by atoms with E-state index < -0.39 is 10.9 Å². The molecule has 4 heteroatoms. The number of aliphatic hydroxyl groups excluding tert-OH is 1. The van der Waals surface area contributed by atoms with Gasteiger partial charge in [0.15, 0.2) is 0 Å². The summed E-state index contributed by atoms with van der Waals surface area (Å²) in [7, 11) is 0. The SMILES string of the molecule is CC(C)(C)SC(=O)[C@@H](Br)[C@@H](O)c1ccccc1. The van der Waals surface area contributed by atoms with Crippen molar-refractivity contribution in [2.24, 2.45) is 0 Å². The first-order valence-corrected chi connectivity index (χ1v) is 7.14. The molecule has 0 aliphatic rings. The van der Waals surface area contributed by atoms with Gasteiger partial charge in [0.2, 0.25) is 5.12 Å². The molecule has 94 valence electrons. The average molecular weight is 317 g/mol. The van der Waals surface area contributed by atoms with Gasteiger partial charge >= 0.3 is 0 Å². The Hall–Kier alpha value is -0.320. The van der Waals surface area contributed by atoms with Crippen LogP contribution in [0.3, 0.4) is 0 Å². The van der Waals surface area contributed by atoms with E-state index >= 15 is 0 Å². The molecule has 0 aliphatic carbocycles. The maximum absolute atomic E-state index is 11.9. The first-order valence-electron chi connectivity index (χ1n) is 5.41. The fourth-order valence-corrected chi connectivity index (χ4v) is 2.74. The fraction of sp³-hybridized carbons (Fsp3) is 0.462. The number of rotatable bonds is 3. The molecule has 0 bridgehead atoms. The van der Waals surface area contributed by atoms with E-state index in [1.807, 2.05) is 51.1 Å². The number of carbonyl (C=O) groups excluding carboxylic acids is 1. The van der Waals surface area contributed by atoms with Crippen LogP contribution in [-0.2, 0) is 4.79 Å². The predicted molar refractivity (Wildman–Crippen MR) is 76.5 cm³/mol. The van der Waals surface area contributed by atoms with Crippen molar-refractivity contribution in [3.8, 4) is 0 Å². The molecule has 0 saturated carbocycles. The highest BCUT2D eigenvalue weighted by Crippen LogP contribution is 2.32. The van der Waals surface area contributed by atoms with E-state index in [-0.39, 0.29) is 9.86 Å². The summed E-state index contributed by atoms with van der Waals surface area (Å²) in [5.41, 5.74) is 0.747. The van der Waals surface area contributed by atoms with Gasteiger partial charge in [0.1, 0.15) is 4.83 Å². The standard InChI is InChI=1S/C13H17BrO2S/c1-13(2,3)17-12(16)10(14)11(15)9-7-5-4-6-8-9/h4-8,10-11,15H,1-3H3/t10-,11-/m0/s1. The van der Waals surface area contributed by atoms with Gasteiger partial charge in [0.25, 0.3) is 0 Å². The molecule has 1 aromatic carbocycles. The topological polar surface area (TPSA) is 37.3 Å². The van der Waals surface area contributed by atoms with E-state index in [2.05, 4.69) is 15.9 Å². The minimum atomic E-state index is -0.807. The minimum absolute atomic E-state index is 0.0474. The van der Waals surface area contributed by atoms with Gasteiger partial charge in [-0.05, 0) is 5.56 Å². The van der Waals surface area contributed by atoms with Crippen molar-refractivity contribution in [2.45, 2.75) is 36.4 Å². The molecule has 0 heterocycles. The Morgan fingerprint density at radius 2 is 1.82 bits per heavy atom. The summed E-state index contributed by atoms with van der Waals surface area (Å²) in [5.74, 6) is 0. The number of halogens is 1. The van der Waals surface area contributed by atoms with Crippen molar-refractivity contribution in [3.05, 3.63) is 35.9 Å². The lowest BCUT2D eigenvalue weighted by Crippen LogP contribution is -2.24. The van der Waals surface area contributed by atoms with Gasteiger partial charge in [-0.25, -0.2) is 0 Å². The zero-order valence-corrected chi connectivity index (χ0v) is 12.6. The predicted octanol–water partition coefficient (Wildman–Crippen LogP) is 3.54. The maximum atomic E-state index is 11.9. The van der Waals surface area contributed by atoms with E-state index in [4.69, 9.17) is 0 Å². The van der Waals surface area contributed by atoms with Crippen LogP contribution in [0.5, 0.6) is 0 Å². The van der Waals surface area contributed by atoms with Gasteiger partial charge in [-0.15, -0.1) is 0 Å². The number of hydrogen-bond donors (Lipinski definition) is 1. The van der Waals surface area contributed by atoms with Gasteiger partial charge < -0.3 is 5.11 Å². The first kappa shape index (κ1) is 14.7. The molecule has 0 radical (unpaired) electrons. The summed E-state index contributed by atoms with van der Waals surface area (Å²) in [6, 6.07) is 9.20. The van der Waals surface area contributed by atoms with Crippen molar-refractivity contribution >= 4 is 32.8 Å². The summed E-state index contributed by atoms with van der Waals surface area (Å²) < 4.78 is -0.139. The Labute approximate surface area is 115 Å². The molecule has 0 aliphatic heterocycles. The van der Waals surface area contributed by atoms with Crippen LogP contribution in [0.1, 0.15) is 32.4 Å². The molecule has 0 unspecified atom stereocenters. The summed E-state index contributed by atoms with van der Waals surface area (Å²) in [5, 5.41) is 10.0. The van der Waals surface area contributed by atoms with Crippen molar-refractivity contribution in [3.63, 3.8) is 0 Å². The van der Waals surface area contributed by atoms with Gasteiger partial charge in [0.05, 0.1) is 6.10 Å². The van der Waals surface area contributed by atoms with E-state index in [9.17, 15) is 9.90 Å². The van der Waals surface area contributed by atoms with Gasteiger partial charge in [-0.2, -0.15) is 0 Å². The van der Waals surface area contributed by atoms with Crippen LogP contribution in [0, 0.1) is 0 Å². The molecule has 2 atom stereocenters. The third-order valence-electron chi connectivity index (χ3n) is 2.05. The van der Waals surface area contributed by atoms with Gasteiger partial charge in [-0.3, -0.25) is 4.79 Å². The molecule has 1 rings (SSSR count). The second-order valence-corrected chi connectivity index (χ2v) is 7.61. The zero-order chi connectivity index (χ0) is 13.1. The van der Waals surface area contributed by atoms with E-state index in [0.717, 1.165) is 5.56 Å². The quantitative estimate of drug-likeness (QED) is 0.867. The third kappa shape index (κ3) is 4.82. The third-order valence-corrected chi connectivity index (χ3v) is 4.34. The summed E-state index contributed by atoms with van der Waals surface area (Å²) in [6.45, 7) is 5.93. The number of thioether (sulfide) groups is 1. The maximum Gasteiger partial charge on any atom is 0.206 e. The fourth-order valence-electron chi connectivity index (χ4n) is 1.31. The van der Waals surface area contributed by atoms with Gasteiger partial charge in [0, 0.05) is 4.75 Å². The lowest BCUT2D eigenvalue weighted by Gasteiger charge is -2.21. The van der Waals surface area contributed by atoms with Crippen molar-refractivity contribution in [2.75, 3.05) is 0 Å². The van der Waals surface area contributed by atoms with Crippen molar-refractivity contribution in [1.29, 1.82) is 0 Å². The largest absolute Gasteiger partial charge is 0.387 e. The smallest absolute Gasteiger partial charge is 0.206 e. The lowest BCUT2D eigenvalue weighted by atomic mass is 10.1. The molecule has 0 aromatic heterocycles. The molecule has 1 N–H and O–H groups in total. The van der Waals surface area contributed by atoms with Crippen LogP contribution in [0.15, 0.2) is 30.3 Å². The van der Waals surface area contributed by atoms with Crippen LogP contribution in [0.25, 0.3) is 0 Å². The van der Waals surface area contributed by atoms with Gasteiger partial charge in [-0.1, -0.05) is 78.8 Å². The molecule has 0 amide bonds. The van der Waals surface area contributed by atoms with Crippen LogP contribution in [0.2, 0.25) is 0 Å². The molecule has 1 aromatic rings. The second-order valence-electron chi connectivity index (χ2n) is 4.79. The molecule has 0 fully saturated rings. The number of aliphatic hydroxyl groups is 1. The zero-order valence-electron chi connectivity index (χ0n) is 10.2. The number of benzene rings is 1. The number of alkyl halides is 1. The molecule has 2 nitrogen and oxygen atoms in total. The van der Waals surface area contributed by atoms with Crippen LogP contribution >= 0.6 is 27.7 Å². The molecule has 17 heavy (non-hydrogen) atoms. The molecular weight excluding hydrogens is 300 g/mol. The first-order chi connectivity index (χ1) is 7.81. The van der Waals surface area contributed by atoms with Crippen LogP contribution in [-0.4, -0.2) is 19.8 Å². The van der Waals surface area contributed by atoms with Crippen molar-refractivity contribution < 1.29 is 9.90 Å². The molecule has 0 saturated heterocycles. The number of hydrogen-bond acceptors (Lipinski definition) is 3. The molecule has 0 spiro atoms. The summed E-state index contributed by atoms with van der Waals surface area (Å²) >= 11 is 4.52. The van der Waals surface area contributed by atoms with E-state index in [0.29, 0.717) is 0 Å². The normalized spacial score (nSPS) is 15.4. The minimum Gasteiger partial charge on any atom is -0.387 e. The Morgan fingerprint density at radius 1 is 1.29 bits per heavy atom. The summed E-state index contributed by atoms with van der Waals surface area (Å²) in [6.07, 6.45) is -0.807. The summed E-state index contributed by atoms with van der Waals surface area (Å²) in [4.78, 5) is 11.4. The highest BCUT2D eigenvalue weighted by Gasteiger charge is 2.28. The van der Waals surface area contributed by atoms with Crippen molar-refractivity contribution in [1.82, 2.24) is 0 Å². The average Bonchev–Trinajstić information content (AvgIpc) is 2.26. The Kier molecular flexibility index (Phi) is 5.22. The Bertz CT molecular complexity index is 373. The lowest BCUT2D eigenvalue weighted by molar-refractivity contribution is -0.112. The Morgan fingerprint density at radius 3 is 2.29 bits per heavy atom.